The van der Waals surface area contributed by atoms with E-state index in [1.807, 2.05) is 0 Å². The summed E-state index contributed by atoms with van der Waals surface area (Å²) >= 11 is 1.41. The number of amides is 1. The predicted octanol–water partition coefficient (Wildman–Crippen LogP) is 2.94. The third kappa shape index (κ3) is 6.42. The number of nitro benzene ring substituents is 1. The second-order valence-corrected chi connectivity index (χ2v) is 7.52. The molecule has 0 saturated carbocycles. The monoisotopic (exact) mass is 396 g/mol. The van der Waals surface area contributed by atoms with Crippen molar-refractivity contribution in [2.75, 3.05) is 26.0 Å². The molecule has 1 aromatic carbocycles. The van der Waals surface area contributed by atoms with Crippen molar-refractivity contribution >= 4 is 29.3 Å². The van der Waals surface area contributed by atoms with E-state index in [1.165, 1.54) is 24.9 Å². The van der Waals surface area contributed by atoms with Crippen molar-refractivity contribution in [3.05, 3.63) is 33.9 Å². The zero-order valence-electron chi connectivity index (χ0n) is 15.3. The molecule has 0 aromatic heterocycles. The SMILES string of the molecule is COc1ccc(CSCC(=O)N2CCCC(CCC(=O)O)C2)cc1[N+](=O)[O-]. The summed E-state index contributed by atoms with van der Waals surface area (Å²) in [6, 6.07) is 4.79. The van der Waals surface area contributed by atoms with Crippen LogP contribution in [0.2, 0.25) is 0 Å². The van der Waals surface area contributed by atoms with Crippen LogP contribution in [0.4, 0.5) is 5.69 Å². The molecule has 2 rings (SSSR count). The molecule has 27 heavy (non-hydrogen) atoms. The summed E-state index contributed by atoms with van der Waals surface area (Å²) in [5.74, 6) is 0.474. The van der Waals surface area contributed by atoms with Gasteiger partial charge < -0.3 is 14.7 Å². The Morgan fingerprint density at radius 2 is 2.22 bits per heavy atom. The molecule has 1 aromatic rings. The lowest BCUT2D eigenvalue weighted by Crippen LogP contribution is -2.41. The number of piperidine rings is 1. The number of carboxylic acid groups (broad SMARTS) is 1. The summed E-state index contributed by atoms with van der Waals surface area (Å²) in [4.78, 5) is 35.5. The Hall–Kier alpha value is -2.29. The smallest absolute Gasteiger partial charge is 0.311 e. The Bertz CT molecular complexity index is 696. The van der Waals surface area contributed by atoms with Gasteiger partial charge in [0.25, 0.3) is 0 Å². The molecule has 1 heterocycles. The van der Waals surface area contributed by atoms with Crippen LogP contribution in [0.3, 0.4) is 0 Å². The van der Waals surface area contributed by atoms with Crippen molar-refractivity contribution in [3.63, 3.8) is 0 Å². The summed E-state index contributed by atoms with van der Waals surface area (Å²) in [5, 5.41) is 19.9. The van der Waals surface area contributed by atoms with Gasteiger partial charge in [0.15, 0.2) is 5.75 Å². The number of rotatable bonds is 9. The Labute approximate surface area is 162 Å². The van der Waals surface area contributed by atoms with Crippen molar-refractivity contribution in [2.24, 2.45) is 5.92 Å². The molecular weight excluding hydrogens is 372 g/mol. The van der Waals surface area contributed by atoms with Gasteiger partial charge in [0.2, 0.25) is 5.91 Å². The number of hydrogen-bond donors (Lipinski definition) is 1. The van der Waals surface area contributed by atoms with E-state index in [2.05, 4.69) is 0 Å². The Morgan fingerprint density at radius 1 is 1.44 bits per heavy atom. The first-order chi connectivity index (χ1) is 12.9. The van der Waals surface area contributed by atoms with E-state index in [4.69, 9.17) is 9.84 Å². The van der Waals surface area contributed by atoms with E-state index in [1.54, 1.807) is 17.0 Å². The van der Waals surface area contributed by atoms with Gasteiger partial charge in [0.05, 0.1) is 17.8 Å². The average Bonchev–Trinajstić information content (AvgIpc) is 2.66. The average molecular weight is 396 g/mol. The van der Waals surface area contributed by atoms with E-state index >= 15 is 0 Å². The first-order valence-corrected chi connectivity index (χ1v) is 9.94. The number of carboxylic acids is 1. The molecule has 0 spiro atoms. The molecule has 8 nitrogen and oxygen atoms in total. The highest BCUT2D eigenvalue weighted by molar-refractivity contribution is 7.99. The number of hydrogen-bond acceptors (Lipinski definition) is 6. The maximum Gasteiger partial charge on any atom is 0.311 e. The molecule has 1 aliphatic heterocycles. The second-order valence-electron chi connectivity index (χ2n) is 6.54. The molecule has 1 saturated heterocycles. The zero-order chi connectivity index (χ0) is 19.8. The topological polar surface area (TPSA) is 110 Å². The van der Waals surface area contributed by atoms with Crippen LogP contribution < -0.4 is 4.74 Å². The summed E-state index contributed by atoms with van der Waals surface area (Å²) in [6.07, 6.45) is 2.59. The number of methoxy groups -OCH3 is 1. The maximum absolute atomic E-state index is 12.4. The van der Waals surface area contributed by atoms with Crippen LogP contribution in [0, 0.1) is 16.0 Å². The second kappa shape index (κ2) is 10.1. The summed E-state index contributed by atoms with van der Waals surface area (Å²) < 4.78 is 4.98. The number of ether oxygens (including phenoxy) is 1. The van der Waals surface area contributed by atoms with E-state index < -0.39 is 10.9 Å². The molecule has 1 aliphatic rings. The third-order valence-corrected chi connectivity index (χ3v) is 5.56. The molecule has 1 atom stereocenters. The van der Waals surface area contributed by atoms with Gasteiger partial charge in [-0.2, -0.15) is 0 Å². The number of carbonyl (C=O) groups is 2. The van der Waals surface area contributed by atoms with Crippen molar-refractivity contribution < 1.29 is 24.4 Å². The van der Waals surface area contributed by atoms with Crippen LogP contribution in [0.5, 0.6) is 5.75 Å². The van der Waals surface area contributed by atoms with Crippen molar-refractivity contribution in [2.45, 2.75) is 31.4 Å². The van der Waals surface area contributed by atoms with Crippen LogP contribution in [-0.4, -0.2) is 52.8 Å². The minimum atomic E-state index is -0.803. The highest BCUT2D eigenvalue weighted by atomic mass is 32.2. The van der Waals surface area contributed by atoms with Gasteiger partial charge in [0, 0.05) is 31.3 Å². The molecule has 9 heteroatoms. The van der Waals surface area contributed by atoms with Crippen molar-refractivity contribution in [1.29, 1.82) is 0 Å². The Kier molecular flexibility index (Phi) is 7.90. The van der Waals surface area contributed by atoms with E-state index in [0.29, 0.717) is 31.0 Å². The van der Waals surface area contributed by atoms with Crippen molar-refractivity contribution in [3.8, 4) is 5.75 Å². The van der Waals surface area contributed by atoms with Crippen LogP contribution in [0.15, 0.2) is 18.2 Å². The van der Waals surface area contributed by atoms with E-state index in [0.717, 1.165) is 18.4 Å². The van der Waals surface area contributed by atoms with Gasteiger partial charge in [-0.15, -0.1) is 11.8 Å². The lowest BCUT2D eigenvalue weighted by molar-refractivity contribution is -0.385. The highest BCUT2D eigenvalue weighted by Crippen LogP contribution is 2.29. The molecule has 0 radical (unpaired) electrons. The number of aliphatic carboxylic acids is 1. The van der Waals surface area contributed by atoms with Crippen molar-refractivity contribution in [1.82, 2.24) is 4.90 Å². The molecule has 0 aliphatic carbocycles. The lowest BCUT2D eigenvalue weighted by atomic mass is 9.93. The number of likely N-dealkylation sites (tertiary alicyclic amines) is 1. The molecule has 1 fully saturated rings. The Balaban J connectivity index is 1.82. The van der Waals surface area contributed by atoms with Gasteiger partial charge >= 0.3 is 11.7 Å². The fourth-order valence-corrected chi connectivity index (χ4v) is 4.04. The van der Waals surface area contributed by atoms with E-state index in [9.17, 15) is 19.7 Å². The number of nitrogens with zero attached hydrogens (tertiary/aromatic N) is 2. The summed E-state index contributed by atoms with van der Waals surface area (Å²) in [7, 11) is 1.39. The normalized spacial score (nSPS) is 16.8. The quantitative estimate of drug-likeness (QED) is 0.505. The van der Waals surface area contributed by atoms with E-state index in [-0.39, 0.29) is 29.7 Å². The summed E-state index contributed by atoms with van der Waals surface area (Å²) in [5.41, 5.74) is 0.678. The number of carbonyl (C=O) groups excluding carboxylic acids is 1. The third-order valence-electron chi connectivity index (χ3n) is 4.57. The fourth-order valence-electron chi connectivity index (χ4n) is 3.17. The summed E-state index contributed by atoms with van der Waals surface area (Å²) in [6.45, 7) is 1.32. The maximum atomic E-state index is 12.4. The standard InChI is InChI=1S/C18H24N2O6S/c1-26-16-6-4-14(9-15(16)20(24)25)11-27-12-17(21)19-8-2-3-13(10-19)5-7-18(22)23/h4,6,9,13H,2-3,5,7-8,10-12H2,1H3,(H,22,23). The first kappa shape index (κ1) is 21.0. The van der Waals surface area contributed by atoms with Crippen LogP contribution in [0.1, 0.15) is 31.2 Å². The predicted molar refractivity (Wildman–Crippen MR) is 102 cm³/mol. The van der Waals surface area contributed by atoms with Gasteiger partial charge in [-0.05, 0) is 36.8 Å². The van der Waals surface area contributed by atoms with Crippen LogP contribution in [0.25, 0.3) is 0 Å². The molecule has 1 N–H and O–H groups in total. The van der Waals surface area contributed by atoms with Crippen LogP contribution in [-0.2, 0) is 15.3 Å². The molecule has 0 bridgehead atoms. The molecule has 1 amide bonds. The zero-order valence-corrected chi connectivity index (χ0v) is 16.1. The number of benzene rings is 1. The lowest BCUT2D eigenvalue weighted by Gasteiger charge is -2.32. The molecular formula is C18H24N2O6S. The fraction of sp³-hybridized carbons (Fsp3) is 0.556. The highest BCUT2D eigenvalue weighted by Gasteiger charge is 2.24. The minimum Gasteiger partial charge on any atom is -0.490 e. The Morgan fingerprint density at radius 3 is 2.89 bits per heavy atom. The first-order valence-electron chi connectivity index (χ1n) is 8.79. The van der Waals surface area contributed by atoms with Gasteiger partial charge in [-0.3, -0.25) is 19.7 Å². The van der Waals surface area contributed by atoms with Gasteiger partial charge in [0.1, 0.15) is 0 Å². The van der Waals surface area contributed by atoms with Gasteiger partial charge in [-0.1, -0.05) is 6.07 Å². The van der Waals surface area contributed by atoms with Gasteiger partial charge in [-0.25, -0.2) is 0 Å². The minimum absolute atomic E-state index is 0.0306. The number of thioether (sulfide) groups is 1. The number of nitro groups is 1. The van der Waals surface area contributed by atoms with Crippen LogP contribution >= 0.6 is 11.8 Å². The molecule has 148 valence electrons. The molecule has 1 unspecified atom stereocenters. The largest absolute Gasteiger partial charge is 0.490 e.